The van der Waals surface area contributed by atoms with Gasteiger partial charge < -0.3 is 20.2 Å². The highest BCUT2D eigenvalue weighted by Crippen LogP contribution is 2.16. The van der Waals surface area contributed by atoms with Crippen molar-refractivity contribution in [1.29, 1.82) is 0 Å². The Bertz CT molecular complexity index is 315. The fourth-order valence-electron chi connectivity index (χ4n) is 2.91. The van der Waals surface area contributed by atoms with Crippen LogP contribution >= 0.6 is 0 Å². The van der Waals surface area contributed by atoms with Crippen molar-refractivity contribution < 1.29 is 9.90 Å². The number of likely N-dealkylation sites (tertiary alicyclic amines) is 1. The van der Waals surface area contributed by atoms with Gasteiger partial charge in [0.05, 0.1) is 12.1 Å². The number of amides is 2. The summed E-state index contributed by atoms with van der Waals surface area (Å²) in [4.78, 5) is 15.9. The molecule has 0 radical (unpaired) electrons. The molecule has 1 heterocycles. The largest absolute Gasteiger partial charge is 0.389 e. The van der Waals surface area contributed by atoms with Crippen LogP contribution in [0.15, 0.2) is 0 Å². The van der Waals surface area contributed by atoms with Crippen LogP contribution in [0.1, 0.15) is 52.9 Å². The number of hydrogen-bond acceptors (Lipinski definition) is 3. The molecule has 5 nitrogen and oxygen atoms in total. The Morgan fingerprint density at radius 1 is 1.38 bits per heavy atom. The summed E-state index contributed by atoms with van der Waals surface area (Å²) in [7, 11) is 1.71. The smallest absolute Gasteiger partial charge is 0.317 e. The summed E-state index contributed by atoms with van der Waals surface area (Å²) >= 11 is 0. The van der Waals surface area contributed by atoms with Gasteiger partial charge in [-0.25, -0.2) is 4.79 Å². The Hall–Kier alpha value is -0.810. The van der Waals surface area contributed by atoms with E-state index in [1.54, 1.807) is 20.9 Å². The van der Waals surface area contributed by atoms with E-state index in [1.807, 2.05) is 0 Å². The third kappa shape index (κ3) is 7.67. The van der Waals surface area contributed by atoms with Gasteiger partial charge in [0.1, 0.15) is 0 Å². The van der Waals surface area contributed by atoms with E-state index in [2.05, 4.69) is 17.1 Å². The maximum atomic E-state index is 11.8. The second kappa shape index (κ2) is 8.59. The topological polar surface area (TPSA) is 55.8 Å². The number of unbranched alkanes of at least 4 members (excludes halogenated alkanes) is 1. The van der Waals surface area contributed by atoms with E-state index in [-0.39, 0.29) is 6.03 Å². The first-order valence-corrected chi connectivity index (χ1v) is 8.25. The Labute approximate surface area is 129 Å². The molecule has 0 aromatic carbocycles. The summed E-state index contributed by atoms with van der Waals surface area (Å²) < 4.78 is 0. The molecule has 0 aromatic rings. The minimum Gasteiger partial charge on any atom is -0.389 e. The molecule has 0 spiro atoms. The Kier molecular flexibility index (Phi) is 7.46. The first kappa shape index (κ1) is 18.2. The van der Waals surface area contributed by atoms with E-state index in [4.69, 9.17) is 0 Å². The van der Waals surface area contributed by atoms with Crippen molar-refractivity contribution in [2.45, 2.75) is 64.5 Å². The SMILES string of the molecule is CC1CCCCN1CCCCNC(=O)N(C)CC(C)(C)O. The van der Waals surface area contributed by atoms with Crippen molar-refractivity contribution in [1.82, 2.24) is 15.1 Å². The van der Waals surface area contributed by atoms with Gasteiger partial charge in [-0.2, -0.15) is 0 Å². The van der Waals surface area contributed by atoms with Crippen LogP contribution in [-0.2, 0) is 0 Å². The van der Waals surface area contributed by atoms with Crippen LogP contribution in [-0.4, -0.2) is 65.8 Å². The van der Waals surface area contributed by atoms with Crippen molar-refractivity contribution in [3.63, 3.8) is 0 Å². The van der Waals surface area contributed by atoms with Crippen molar-refractivity contribution >= 4 is 6.03 Å². The zero-order valence-corrected chi connectivity index (χ0v) is 14.2. The van der Waals surface area contributed by atoms with Crippen LogP contribution in [0.3, 0.4) is 0 Å². The highest BCUT2D eigenvalue weighted by atomic mass is 16.3. The molecule has 5 heteroatoms. The van der Waals surface area contributed by atoms with Crippen LogP contribution in [0.25, 0.3) is 0 Å². The minimum absolute atomic E-state index is 0.108. The van der Waals surface area contributed by atoms with Crippen LogP contribution in [0.4, 0.5) is 4.79 Å². The monoisotopic (exact) mass is 299 g/mol. The van der Waals surface area contributed by atoms with Gasteiger partial charge in [0.15, 0.2) is 0 Å². The zero-order valence-electron chi connectivity index (χ0n) is 14.2. The van der Waals surface area contributed by atoms with Crippen LogP contribution in [0.5, 0.6) is 0 Å². The lowest BCUT2D eigenvalue weighted by Gasteiger charge is -2.33. The summed E-state index contributed by atoms with van der Waals surface area (Å²) in [6.07, 6.45) is 6.13. The third-order valence-corrected chi connectivity index (χ3v) is 4.06. The van der Waals surface area contributed by atoms with E-state index in [1.165, 1.54) is 30.7 Å². The van der Waals surface area contributed by atoms with Crippen molar-refractivity contribution in [3.8, 4) is 0 Å². The molecule has 0 aromatic heterocycles. The summed E-state index contributed by atoms with van der Waals surface area (Å²) in [5.41, 5.74) is -0.851. The molecule has 1 atom stereocenters. The van der Waals surface area contributed by atoms with Gasteiger partial charge in [-0.15, -0.1) is 0 Å². The molecule has 1 aliphatic rings. The lowest BCUT2D eigenvalue weighted by molar-refractivity contribution is 0.0532. The van der Waals surface area contributed by atoms with Gasteiger partial charge >= 0.3 is 6.03 Å². The highest BCUT2D eigenvalue weighted by Gasteiger charge is 2.19. The van der Waals surface area contributed by atoms with Crippen LogP contribution in [0, 0.1) is 0 Å². The average molecular weight is 299 g/mol. The number of hydrogen-bond donors (Lipinski definition) is 2. The molecule has 1 aliphatic heterocycles. The number of carbonyl (C=O) groups is 1. The maximum absolute atomic E-state index is 11.8. The van der Waals surface area contributed by atoms with Crippen LogP contribution < -0.4 is 5.32 Å². The second-order valence-electron chi connectivity index (χ2n) is 6.99. The Balaban J connectivity index is 2.09. The van der Waals surface area contributed by atoms with Gasteiger partial charge in [0.2, 0.25) is 0 Å². The van der Waals surface area contributed by atoms with Gasteiger partial charge in [-0.1, -0.05) is 6.42 Å². The Morgan fingerprint density at radius 3 is 2.71 bits per heavy atom. The number of urea groups is 1. The molecular formula is C16H33N3O2. The molecular weight excluding hydrogens is 266 g/mol. The van der Waals surface area contributed by atoms with E-state index >= 15 is 0 Å². The van der Waals surface area contributed by atoms with Crippen LogP contribution in [0.2, 0.25) is 0 Å². The normalized spacial score (nSPS) is 20.3. The van der Waals surface area contributed by atoms with E-state index < -0.39 is 5.60 Å². The third-order valence-electron chi connectivity index (χ3n) is 4.06. The average Bonchev–Trinajstić information content (AvgIpc) is 2.38. The molecule has 0 saturated carbocycles. The molecule has 1 rings (SSSR count). The van der Waals surface area contributed by atoms with Crippen molar-refractivity contribution in [2.75, 3.05) is 33.2 Å². The maximum Gasteiger partial charge on any atom is 0.317 e. The summed E-state index contributed by atoms with van der Waals surface area (Å²) in [5.74, 6) is 0. The highest BCUT2D eigenvalue weighted by molar-refractivity contribution is 5.73. The number of nitrogens with zero attached hydrogens (tertiary/aromatic N) is 2. The molecule has 0 bridgehead atoms. The molecule has 0 aliphatic carbocycles. The number of rotatable bonds is 7. The first-order chi connectivity index (χ1) is 9.79. The second-order valence-corrected chi connectivity index (χ2v) is 6.99. The van der Waals surface area contributed by atoms with E-state index in [0.29, 0.717) is 19.1 Å². The number of nitrogens with one attached hydrogen (secondary N) is 1. The molecule has 1 fully saturated rings. The van der Waals surface area contributed by atoms with Gasteiger partial charge in [-0.05, 0) is 59.5 Å². The van der Waals surface area contributed by atoms with Crippen molar-refractivity contribution in [3.05, 3.63) is 0 Å². The number of likely N-dealkylation sites (N-methyl/N-ethyl adjacent to an activating group) is 1. The quantitative estimate of drug-likeness (QED) is 0.708. The van der Waals surface area contributed by atoms with E-state index in [9.17, 15) is 9.90 Å². The van der Waals surface area contributed by atoms with Crippen molar-refractivity contribution in [2.24, 2.45) is 0 Å². The number of piperidine rings is 1. The summed E-state index contributed by atoms with van der Waals surface area (Å²) in [6, 6.07) is 0.606. The first-order valence-electron chi connectivity index (χ1n) is 8.25. The minimum atomic E-state index is -0.851. The molecule has 1 unspecified atom stereocenters. The van der Waals surface area contributed by atoms with E-state index in [0.717, 1.165) is 19.4 Å². The summed E-state index contributed by atoms with van der Waals surface area (Å²) in [6.45, 7) is 9.12. The van der Waals surface area contributed by atoms with Gasteiger partial charge in [0, 0.05) is 19.6 Å². The standard InChI is InChI=1S/C16H33N3O2/c1-14-9-5-7-11-19(14)12-8-6-10-17-15(20)18(4)13-16(2,3)21/h14,21H,5-13H2,1-4H3,(H,17,20). The fraction of sp³-hybridized carbons (Fsp3) is 0.938. The van der Waals surface area contributed by atoms with Gasteiger partial charge in [0.25, 0.3) is 0 Å². The molecule has 21 heavy (non-hydrogen) atoms. The molecule has 2 N–H and O–H groups in total. The zero-order chi connectivity index (χ0) is 15.9. The fourth-order valence-corrected chi connectivity index (χ4v) is 2.91. The molecule has 1 saturated heterocycles. The van der Waals surface area contributed by atoms with Gasteiger partial charge in [-0.3, -0.25) is 0 Å². The number of carbonyl (C=O) groups excluding carboxylic acids is 1. The lowest BCUT2D eigenvalue weighted by atomic mass is 10.0. The Morgan fingerprint density at radius 2 is 2.10 bits per heavy atom. The predicted molar refractivity (Wildman–Crippen MR) is 86.4 cm³/mol. The predicted octanol–water partition coefficient (Wildman–Crippen LogP) is 2.05. The molecule has 2 amide bonds. The molecule has 124 valence electrons. The lowest BCUT2D eigenvalue weighted by Crippen LogP contribution is -2.45. The number of aliphatic hydroxyl groups is 1. The summed E-state index contributed by atoms with van der Waals surface area (Å²) in [5, 5.41) is 12.6.